The van der Waals surface area contributed by atoms with Crippen LogP contribution in [0.15, 0.2) is 54.7 Å². The zero-order chi connectivity index (χ0) is 22.1. The lowest BCUT2D eigenvalue weighted by Crippen LogP contribution is -2.24. The molecule has 8 heteroatoms. The summed E-state index contributed by atoms with van der Waals surface area (Å²) in [5.41, 5.74) is 2.13. The van der Waals surface area contributed by atoms with Crippen molar-refractivity contribution in [3.8, 4) is 23.1 Å². The SMILES string of the molecule is COc1ccc(CN(Cc2ccc(OC)cc2)c2ncc(OCCF)c(OC)n2)cc1. The van der Waals surface area contributed by atoms with Crippen molar-refractivity contribution in [2.75, 3.05) is 39.5 Å². The second-order valence-corrected chi connectivity index (χ2v) is 6.63. The van der Waals surface area contributed by atoms with Crippen molar-refractivity contribution in [3.63, 3.8) is 0 Å². The van der Waals surface area contributed by atoms with E-state index in [0.29, 0.717) is 24.8 Å². The maximum atomic E-state index is 12.5. The number of alkyl halides is 1. The van der Waals surface area contributed by atoms with Gasteiger partial charge in [0.05, 0.1) is 27.5 Å². The van der Waals surface area contributed by atoms with Crippen LogP contribution in [0.4, 0.5) is 10.3 Å². The van der Waals surface area contributed by atoms with Gasteiger partial charge in [-0.1, -0.05) is 24.3 Å². The largest absolute Gasteiger partial charge is 0.497 e. The molecule has 0 aliphatic heterocycles. The Morgan fingerprint density at radius 2 is 1.35 bits per heavy atom. The summed E-state index contributed by atoms with van der Waals surface area (Å²) in [6.45, 7) is 0.431. The molecule has 0 saturated heterocycles. The molecule has 0 atom stereocenters. The number of benzene rings is 2. The van der Waals surface area contributed by atoms with Gasteiger partial charge in [0.15, 0.2) is 5.75 Å². The maximum Gasteiger partial charge on any atom is 0.261 e. The lowest BCUT2D eigenvalue weighted by atomic mass is 10.1. The van der Waals surface area contributed by atoms with E-state index in [4.69, 9.17) is 18.9 Å². The third kappa shape index (κ3) is 5.97. The number of halogens is 1. The fourth-order valence-electron chi connectivity index (χ4n) is 2.99. The van der Waals surface area contributed by atoms with Crippen LogP contribution in [-0.2, 0) is 13.1 Å². The highest BCUT2D eigenvalue weighted by Crippen LogP contribution is 2.27. The maximum absolute atomic E-state index is 12.5. The zero-order valence-corrected chi connectivity index (χ0v) is 17.9. The number of anilines is 1. The lowest BCUT2D eigenvalue weighted by molar-refractivity contribution is 0.255. The fourth-order valence-corrected chi connectivity index (χ4v) is 2.99. The quantitative estimate of drug-likeness (QED) is 0.457. The third-order valence-corrected chi connectivity index (χ3v) is 4.59. The smallest absolute Gasteiger partial charge is 0.261 e. The molecule has 0 N–H and O–H groups in total. The van der Waals surface area contributed by atoms with E-state index < -0.39 is 6.67 Å². The Labute approximate surface area is 181 Å². The van der Waals surface area contributed by atoms with Gasteiger partial charge in [-0.3, -0.25) is 0 Å². The van der Waals surface area contributed by atoms with Gasteiger partial charge in [0.2, 0.25) is 5.95 Å². The molecule has 1 heterocycles. The summed E-state index contributed by atoms with van der Waals surface area (Å²) in [5.74, 6) is 2.61. The van der Waals surface area contributed by atoms with Crippen LogP contribution in [0.1, 0.15) is 11.1 Å². The van der Waals surface area contributed by atoms with Crippen LogP contribution in [0.25, 0.3) is 0 Å². The monoisotopic (exact) mass is 427 g/mol. The predicted molar refractivity (Wildman–Crippen MR) is 116 cm³/mol. The minimum absolute atomic E-state index is 0.0829. The van der Waals surface area contributed by atoms with Crippen LogP contribution in [0, 0.1) is 0 Å². The Balaban J connectivity index is 1.89. The molecule has 3 rings (SSSR count). The highest BCUT2D eigenvalue weighted by atomic mass is 19.1. The van der Waals surface area contributed by atoms with Crippen LogP contribution in [0.5, 0.6) is 23.1 Å². The van der Waals surface area contributed by atoms with Gasteiger partial charge in [-0.25, -0.2) is 9.37 Å². The first-order valence-electron chi connectivity index (χ1n) is 9.77. The Hall–Kier alpha value is -3.55. The molecule has 2 aromatic carbocycles. The second kappa shape index (κ2) is 11.0. The molecular weight excluding hydrogens is 401 g/mol. The van der Waals surface area contributed by atoms with Gasteiger partial charge in [-0.05, 0) is 35.4 Å². The number of ether oxygens (including phenoxy) is 4. The van der Waals surface area contributed by atoms with E-state index in [1.54, 1.807) is 14.2 Å². The first-order valence-corrected chi connectivity index (χ1v) is 9.77. The van der Waals surface area contributed by atoms with E-state index in [9.17, 15) is 4.39 Å². The number of hydrogen-bond donors (Lipinski definition) is 0. The summed E-state index contributed by atoms with van der Waals surface area (Å²) < 4.78 is 33.6. The molecular formula is C23H26FN3O4. The van der Waals surface area contributed by atoms with E-state index >= 15 is 0 Å². The van der Waals surface area contributed by atoms with Gasteiger partial charge in [-0.15, -0.1) is 0 Å². The summed E-state index contributed by atoms with van der Waals surface area (Å²) in [5, 5.41) is 0. The van der Waals surface area contributed by atoms with Crippen molar-refractivity contribution in [3.05, 3.63) is 65.9 Å². The molecule has 0 amide bonds. The van der Waals surface area contributed by atoms with Crippen LogP contribution in [0.3, 0.4) is 0 Å². The molecule has 0 spiro atoms. The van der Waals surface area contributed by atoms with E-state index in [1.165, 1.54) is 13.3 Å². The minimum atomic E-state index is -0.605. The Bertz CT molecular complexity index is 903. The molecule has 0 unspecified atom stereocenters. The van der Waals surface area contributed by atoms with Crippen LogP contribution >= 0.6 is 0 Å². The van der Waals surface area contributed by atoms with E-state index in [0.717, 1.165) is 22.6 Å². The second-order valence-electron chi connectivity index (χ2n) is 6.63. The first kappa shape index (κ1) is 22.1. The van der Waals surface area contributed by atoms with Crippen molar-refractivity contribution in [2.24, 2.45) is 0 Å². The summed E-state index contributed by atoms with van der Waals surface area (Å²) in [6, 6.07) is 15.6. The highest BCUT2D eigenvalue weighted by Gasteiger charge is 2.16. The van der Waals surface area contributed by atoms with Gasteiger partial charge in [-0.2, -0.15) is 4.98 Å². The molecule has 0 radical (unpaired) electrons. The Kier molecular flexibility index (Phi) is 7.86. The molecule has 0 saturated carbocycles. The summed E-state index contributed by atoms with van der Waals surface area (Å²) in [6.07, 6.45) is 1.51. The van der Waals surface area contributed by atoms with Crippen molar-refractivity contribution in [1.82, 2.24) is 9.97 Å². The number of hydrogen-bond acceptors (Lipinski definition) is 7. The number of rotatable bonds is 11. The van der Waals surface area contributed by atoms with Crippen molar-refractivity contribution < 1.29 is 23.3 Å². The molecule has 31 heavy (non-hydrogen) atoms. The van der Waals surface area contributed by atoms with Crippen molar-refractivity contribution in [1.29, 1.82) is 0 Å². The predicted octanol–water partition coefficient (Wildman–Crippen LogP) is 4.06. The van der Waals surface area contributed by atoms with Gasteiger partial charge >= 0.3 is 0 Å². The normalized spacial score (nSPS) is 10.5. The summed E-state index contributed by atoms with van der Waals surface area (Å²) >= 11 is 0. The zero-order valence-electron chi connectivity index (χ0n) is 17.9. The fraction of sp³-hybridized carbons (Fsp3) is 0.304. The van der Waals surface area contributed by atoms with E-state index in [2.05, 4.69) is 9.97 Å². The number of aromatic nitrogens is 2. The van der Waals surface area contributed by atoms with Gasteiger partial charge in [0.25, 0.3) is 5.88 Å². The van der Waals surface area contributed by atoms with Gasteiger partial charge in [0.1, 0.15) is 24.8 Å². The topological polar surface area (TPSA) is 65.9 Å². The average molecular weight is 427 g/mol. The number of methoxy groups -OCH3 is 3. The van der Waals surface area contributed by atoms with Crippen LogP contribution < -0.4 is 23.8 Å². The van der Waals surface area contributed by atoms with Crippen LogP contribution in [0.2, 0.25) is 0 Å². The molecule has 1 aromatic heterocycles. The molecule has 0 fully saturated rings. The van der Waals surface area contributed by atoms with Gasteiger partial charge < -0.3 is 23.8 Å². The average Bonchev–Trinajstić information content (AvgIpc) is 2.83. The summed E-state index contributed by atoms with van der Waals surface area (Å²) in [4.78, 5) is 11.0. The molecule has 7 nitrogen and oxygen atoms in total. The van der Waals surface area contributed by atoms with E-state index in [1.807, 2.05) is 53.4 Å². The van der Waals surface area contributed by atoms with Gasteiger partial charge in [0, 0.05) is 13.1 Å². The first-order chi connectivity index (χ1) is 15.2. The molecule has 0 aliphatic rings. The molecule has 3 aromatic rings. The van der Waals surface area contributed by atoms with Crippen LogP contribution in [-0.4, -0.2) is 44.6 Å². The molecule has 0 aliphatic carbocycles. The number of nitrogens with zero attached hydrogens (tertiary/aromatic N) is 3. The lowest BCUT2D eigenvalue weighted by Gasteiger charge is -2.24. The highest BCUT2D eigenvalue weighted by molar-refractivity contribution is 5.42. The molecule has 0 bridgehead atoms. The Morgan fingerprint density at radius 1 is 0.806 bits per heavy atom. The standard InChI is InChI=1S/C23H26FN3O4/c1-28-19-8-4-17(5-9-19)15-27(16-18-6-10-20(29-2)11-7-18)23-25-14-21(31-13-12-24)22(26-23)30-3/h4-11,14H,12-13,15-16H2,1-3H3. The van der Waals surface area contributed by atoms with Crippen molar-refractivity contribution in [2.45, 2.75) is 13.1 Å². The minimum Gasteiger partial charge on any atom is -0.497 e. The van der Waals surface area contributed by atoms with Crippen molar-refractivity contribution >= 4 is 5.95 Å². The van der Waals surface area contributed by atoms with E-state index in [-0.39, 0.29) is 12.5 Å². The summed E-state index contributed by atoms with van der Waals surface area (Å²) in [7, 11) is 4.76. The molecule has 164 valence electrons. The third-order valence-electron chi connectivity index (χ3n) is 4.59. The Morgan fingerprint density at radius 3 is 1.81 bits per heavy atom.